The smallest absolute Gasteiger partial charge is 0.307 e. The first kappa shape index (κ1) is 15.8. The molecular weight excluding hydrogens is 272 g/mol. The molecule has 0 bridgehead atoms. The quantitative estimate of drug-likeness (QED) is 0.794. The second-order valence-electron chi connectivity index (χ2n) is 6.21. The predicted octanol–water partition coefficient (Wildman–Crippen LogP) is 1.13. The fraction of sp³-hybridized carbons (Fsp3) is 0.800. The number of hydrogen-bond acceptors (Lipinski definition) is 3. The van der Waals surface area contributed by atoms with Gasteiger partial charge in [0, 0.05) is 6.04 Å². The number of nitrogens with two attached hydrogens (primary N) is 1. The monoisotopic (exact) mass is 296 g/mol. The van der Waals surface area contributed by atoms with Gasteiger partial charge in [0.1, 0.15) is 0 Å². The van der Waals surface area contributed by atoms with E-state index in [1.807, 2.05) is 0 Å². The van der Waals surface area contributed by atoms with E-state index in [1.165, 1.54) is 0 Å². The number of aliphatic carboxylic acids is 1. The molecule has 2 aliphatic carbocycles. The van der Waals surface area contributed by atoms with Crippen LogP contribution in [0.1, 0.15) is 51.4 Å². The molecule has 6 heteroatoms. The minimum Gasteiger partial charge on any atom is -0.481 e. The third-order valence-corrected chi connectivity index (χ3v) is 4.78. The van der Waals surface area contributed by atoms with Gasteiger partial charge in [-0.1, -0.05) is 25.7 Å². The first-order chi connectivity index (χ1) is 10.0. The van der Waals surface area contributed by atoms with Crippen LogP contribution in [0.4, 0.5) is 0 Å². The van der Waals surface area contributed by atoms with Crippen molar-refractivity contribution in [2.75, 3.05) is 6.54 Å². The van der Waals surface area contributed by atoms with Crippen LogP contribution in [0.2, 0.25) is 0 Å². The minimum atomic E-state index is -0.904. The van der Waals surface area contributed by atoms with E-state index in [9.17, 15) is 19.5 Å². The summed E-state index contributed by atoms with van der Waals surface area (Å²) in [7, 11) is 0. The van der Waals surface area contributed by atoms with Crippen LogP contribution in [0, 0.1) is 11.8 Å². The van der Waals surface area contributed by atoms with Gasteiger partial charge < -0.3 is 15.7 Å². The second-order valence-corrected chi connectivity index (χ2v) is 6.21. The zero-order valence-electron chi connectivity index (χ0n) is 12.3. The Balaban J connectivity index is 2.14. The molecule has 3 N–H and O–H groups in total. The van der Waals surface area contributed by atoms with Crippen molar-refractivity contribution in [2.45, 2.75) is 57.4 Å². The maximum Gasteiger partial charge on any atom is 0.307 e. The SMILES string of the molecule is NC(=O)CN(C(=O)[C@@H]1CCCC[C@@H]1C(=O)O)C1CCCC1. The molecule has 118 valence electrons. The summed E-state index contributed by atoms with van der Waals surface area (Å²) < 4.78 is 0. The van der Waals surface area contributed by atoms with Crippen molar-refractivity contribution in [2.24, 2.45) is 17.6 Å². The number of carboxylic acids is 1. The molecule has 2 amide bonds. The van der Waals surface area contributed by atoms with Crippen LogP contribution in [0.5, 0.6) is 0 Å². The van der Waals surface area contributed by atoms with Crippen LogP contribution < -0.4 is 5.73 Å². The Morgan fingerprint density at radius 2 is 1.48 bits per heavy atom. The van der Waals surface area contributed by atoms with Crippen molar-refractivity contribution in [3.05, 3.63) is 0 Å². The lowest BCUT2D eigenvalue weighted by Crippen LogP contribution is -2.49. The van der Waals surface area contributed by atoms with Gasteiger partial charge in [0.05, 0.1) is 18.4 Å². The van der Waals surface area contributed by atoms with Crippen LogP contribution in [0.15, 0.2) is 0 Å². The molecular formula is C15H24N2O4. The Morgan fingerprint density at radius 3 is 2.00 bits per heavy atom. The van der Waals surface area contributed by atoms with Crippen LogP contribution in [0.3, 0.4) is 0 Å². The van der Waals surface area contributed by atoms with Crippen molar-refractivity contribution in [1.29, 1.82) is 0 Å². The normalized spacial score (nSPS) is 26.5. The zero-order chi connectivity index (χ0) is 15.4. The van der Waals surface area contributed by atoms with Crippen LogP contribution >= 0.6 is 0 Å². The number of amides is 2. The molecule has 0 spiro atoms. The van der Waals surface area contributed by atoms with E-state index in [-0.39, 0.29) is 18.5 Å². The van der Waals surface area contributed by atoms with E-state index in [0.717, 1.165) is 38.5 Å². The Bertz CT molecular complexity index is 418. The molecule has 0 aliphatic heterocycles. The van der Waals surface area contributed by atoms with E-state index in [4.69, 9.17) is 5.73 Å². The van der Waals surface area contributed by atoms with Crippen molar-refractivity contribution in [1.82, 2.24) is 4.90 Å². The lowest BCUT2D eigenvalue weighted by molar-refractivity contribution is -0.154. The van der Waals surface area contributed by atoms with E-state index >= 15 is 0 Å². The third kappa shape index (κ3) is 3.74. The number of carboxylic acid groups (broad SMARTS) is 1. The summed E-state index contributed by atoms with van der Waals surface area (Å²) in [4.78, 5) is 37.0. The summed E-state index contributed by atoms with van der Waals surface area (Å²) in [6, 6.07) is 0.0429. The highest BCUT2D eigenvalue weighted by Gasteiger charge is 2.40. The van der Waals surface area contributed by atoms with E-state index < -0.39 is 23.7 Å². The van der Waals surface area contributed by atoms with Gasteiger partial charge in [-0.15, -0.1) is 0 Å². The standard InChI is InChI=1S/C15H24N2O4/c16-13(18)9-17(10-5-1-2-6-10)14(19)11-7-3-4-8-12(11)15(20)21/h10-12H,1-9H2,(H2,16,18)(H,20,21)/t11-,12+/m1/s1. The summed E-state index contributed by atoms with van der Waals surface area (Å²) in [5.74, 6) is -2.75. The third-order valence-electron chi connectivity index (χ3n) is 4.78. The summed E-state index contributed by atoms with van der Waals surface area (Å²) in [6.07, 6.45) is 6.70. The largest absolute Gasteiger partial charge is 0.481 e. The summed E-state index contributed by atoms with van der Waals surface area (Å²) >= 11 is 0. The number of rotatable bonds is 5. The summed E-state index contributed by atoms with van der Waals surface area (Å²) in [5.41, 5.74) is 5.27. The minimum absolute atomic E-state index is 0.0429. The number of carbonyl (C=O) groups excluding carboxylic acids is 2. The maximum atomic E-state index is 12.8. The van der Waals surface area contributed by atoms with Crippen LogP contribution in [-0.4, -0.2) is 40.4 Å². The molecule has 21 heavy (non-hydrogen) atoms. The molecule has 2 rings (SSSR count). The number of hydrogen-bond donors (Lipinski definition) is 2. The molecule has 0 radical (unpaired) electrons. The maximum absolute atomic E-state index is 12.8. The molecule has 0 aromatic heterocycles. The first-order valence-electron chi connectivity index (χ1n) is 7.82. The van der Waals surface area contributed by atoms with Gasteiger partial charge in [-0.25, -0.2) is 0 Å². The zero-order valence-corrected chi connectivity index (χ0v) is 12.3. The van der Waals surface area contributed by atoms with E-state index in [2.05, 4.69) is 0 Å². The highest BCUT2D eigenvalue weighted by Crippen LogP contribution is 2.34. The van der Waals surface area contributed by atoms with Gasteiger partial charge in [-0.2, -0.15) is 0 Å². The number of primary amides is 1. The fourth-order valence-electron chi connectivity index (χ4n) is 3.71. The summed E-state index contributed by atoms with van der Waals surface area (Å²) in [6.45, 7) is -0.0909. The Kier molecular flexibility index (Phi) is 5.20. The highest BCUT2D eigenvalue weighted by atomic mass is 16.4. The molecule has 0 aromatic rings. The first-order valence-corrected chi connectivity index (χ1v) is 7.82. The Morgan fingerprint density at radius 1 is 0.952 bits per heavy atom. The van der Waals surface area contributed by atoms with Crippen molar-refractivity contribution >= 4 is 17.8 Å². The van der Waals surface area contributed by atoms with Gasteiger partial charge in [-0.05, 0) is 25.7 Å². The van der Waals surface area contributed by atoms with Crippen LogP contribution in [-0.2, 0) is 14.4 Å². The van der Waals surface area contributed by atoms with Crippen molar-refractivity contribution < 1.29 is 19.5 Å². The molecule has 0 unspecified atom stereocenters. The van der Waals surface area contributed by atoms with Gasteiger partial charge >= 0.3 is 5.97 Å². The fourth-order valence-corrected chi connectivity index (χ4v) is 3.71. The van der Waals surface area contributed by atoms with Crippen molar-refractivity contribution in [3.63, 3.8) is 0 Å². The van der Waals surface area contributed by atoms with E-state index in [0.29, 0.717) is 12.8 Å². The number of carbonyl (C=O) groups is 3. The topological polar surface area (TPSA) is 101 Å². The average Bonchev–Trinajstić information content (AvgIpc) is 2.97. The molecule has 2 fully saturated rings. The Hall–Kier alpha value is -1.59. The average molecular weight is 296 g/mol. The molecule has 2 saturated carbocycles. The lowest BCUT2D eigenvalue weighted by atomic mass is 9.78. The molecule has 0 heterocycles. The second kappa shape index (κ2) is 6.91. The van der Waals surface area contributed by atoms with Crippen molar-refractivity contribution in [3.8, 4) is 0 Å². The predicted molar refractivity (Wildman–Crippen MR) is 76.2 cm³/mol. The van der Waals surface area contributed by atoms with Gasteiger partial charge in [0.2, 0.25) is 11.8 Å². The molecule has 0 saturated heterocycles. The Labute approximate surface area is 124 Å². The molecule has 6 nitrogen and oxygen atoms in total. The molecule has 2 atom stereocenters. The van der Waals surface area contributed by atoms with Gasteiger partial charge in [0.15, 0.2) is 0 Å². The van der Waals surface area contributed by atoms with E-state index in [1.54, 1.807) is 4.90 Å². The highest BCUT2D eigenvalue weighted by molar-refractivity contribution is 5.88. The summed E-state index contributed by atoms with van der Waals surface area (Å²) in [5, 5.41) is 9.32. The molecule has 0 aromatic carbocycles. The van der Waals surface area contributed by atoms with Crippen LogP contribution in [0.25, 0.3) is 0 Å². The lowest BCUT2D eigenvalue weighted by Gasteiger charge is -2.35. The van der Waals surface area contributed by atoms with Gasteiger partial charge in [-0.3, -0.25) is 14.4 Å². The van der Waals surface area contributed by atoms with Gasteiger partial charge in [0.25, 0.3) is 0 Å². The molecule has 2 aliphatic rings. The number of nitrogens with zero attached hydrogens (tertiary/aromatic N) is 1.